The summed E-state index contributed by atoms with van der Waals surface area (Å²) in [5, 5.41) is 0.976. The van der Waals surface area contributed by atoms with Crippen molar-refractivity contribution < 1.29 is 4.79 Å². The molecule has 0 N–H and O–H groups in total. The fourth-order valence-corrected chi connectivity index (χ4v) is 2.68. The lowest BCUT2D eigenvalue weighted by atomic mass is 10.1. The molecule has 1 nitrogen and oxygen atoms in total. The predicted octanol–water partition coefficient (Wildman–Crippen LogP) is 4.28. The lowest BCUT2D eigenvalue weighted by Crippen LogP contribution is -2.00. The predicted molar refractivity (Wildman–Crippen MR) is 70.0 cm³/mol. The molecule has 0 saturated heterocycles. The van der Waals surface area contributed by atoms with Gasteiger partial charge in [0.15, 0.2) is 5.78 Å². The molecular formula is C8H4Br2ClIO. The Kier molecular flexibility index (Phi) is 4.68. The van der Waals surface area contributed by atoms with E-state index < -0.39 is 0 Å². The van der Waals surface area contributed by atoms with E-state index >= 15 is 0 Å². The Hall–Kier alpha value is 0.870. The second kappa shape index (κ2) is 5.09. The molecule has 0 aliphatic carbocycles. The number of carbonyl (C=O) groups excluding carboxylic acids is 1. The van der Waals surface area contributed by atoms with Crippen molar-refractivity contribution in [3.05, 3.63) is 30.8 Å². The minimum absolute atomic E-state index is 0.0512. The number of halogens is 4. The smallest absolute Gasteiger partial charge is 0.173 e. The Morgan fingerprint density at radius 1 is 1.54 bits per heavy atom. The van der Waals surface area contributed by atoms with Gasteiger partial charge in [-0.1, -0.05) is 27.5 Å². The van der Waals surface area contributed by atoms with Crippen LogP contribution in [0.4, 0.5) is 0 Å². The van der Waals surface area contributed by atoms with Gasteiger partial charge in [0.05, 0.1) is 10.4 Å². The molecule has 13 heavy (non-hydrogen) atoms. The van der Waals surface area contributed by atoms with Crippen molar-refractivity contribution in [3.63, 3.8) is 0 Å². The Bertz CT molecular complexity index is 331. The van der Waals surface area contributed by atoms with E-state index in [0.29, 0.717) is 15.9 Å². The van der Waals surface area contributed by atoms with Gasteiger partial charge in [0.25, 0.3) is 0 Å². The summed E-state index contributed by atoms with van der Waals surface area (Å²) in [6.07, 6.45) is 0. The molecule has 5 heteroatoms. The SMILES string of the molecule is O=C(CBr)c1cc(Br)c(Cl)c(I)c1. The highest BCUT2D eigenvalue weighted by Gasteiger charge is 2.09. The third-order valence-corrected chi connectivity index (χ3v) is 4.37. The summed E-state index contributed by atoms with van der Waals surface area (Å²) < 4.78 is 1.63. The van der Waals surface area contributed by atoms with Crippen molar-refractivity contribution in [2.45, 2.75) is 0 Å². The van der Waals surface area contributed by atoms with Crippen molar-refractivity contribution in [2.75, 3.05) is 5.33 Å². The summed E-state index contributed by atoms with van der Waals surface area (Å²) in [4.78, 5) is 11.3. The zero-order valence-electron chi connectivity index (χ0n) is 6.28. The van der Waals surface area contributed by atoms with Crippen LogP contribution in [0, 0.1) is 3.57 Å². The summed E-state index contributed by atoms with van der Waals surface area (Å²) in [6, 6.07) is 3.51. The zero-order chi connectivity index (χ0) is 10.0. The van der Waals surface area contributed by atoms with Crippen molar-refractivity contribution in [1.82, 2.24) is 0 Å². The molecule has 0 unspecified atom stereocenters. The van der Waals surface area contributed by atoms with E-state index in [0.717, 1.165) is 8.04 Å². The molecule has 0 aliphatic rings. The van der Waals surface area contributed by atoms with Crippen LogP contribution in [0.3, 0.4) is 0 Å². The standard InChI is InChI=1S/C8H4Br2ClIO/c9-3-7(13)4-1-5(10)8(11)6(12)2-4/h1-2H,3H2. The molecular weight excluding hydrogens is 434 g/mol. The van der Waals surface area contributed by atoms with E-state index in [1.165, 1.54) is 0 Å². The molecule has 1 rings (SSSR count). The number of hydrogen-bond donors (Lipinski definition) is 0. The van der Waals surface area contributed by atoms with Crippen LogP contribution in [0.25, 0.3) is 0 Å². The molecule has 0 heterocycles. The fraction of sp³-hybridized carbons (Fsp3) is 0.125. The van der Waals surface area contributed by atoms with Crippen LogP contribution >= 0.6 is 66.1 Å². The molecule has 70 valence electrons. The van der Waals surface area contributed by atoms with Crippen LogP contribution in [0.1, 0.15) is 10.4 Å². The summed E-state index contributed by atoms with van der Waals surface area (Å²) in [5.41, 5.74) is 0.664. The zero-order valence-corrected chi connectivity index (χ0v) is 12.4. The van der Waals surface area contributed by atoms with Crippen LogP contribution < -0.4 is 0 Å². The van der Waals surface area contributed by atoms with E-state index in [-0.39, 0.29) is 5.78 Å². The molecule has 0 saturated carbocycles. The topological polar surface area (TPSA) is 17.1 Å². The molecule has 0 atom stereocenters. The number of hydrogen-bond acceptors (Lipinski definition) is 1. The first-order valence-corrected chi connectivity index (χ1v) is 6.67. The molecule has 0 aromatic heterocycles. The first-order chi connectivity index (χ1) is 6.06. The summed E-state index contributed by atoms with van der Waals surface area (Å²) in [6.45, 7) is 0. The van der Waals surface area contributed by atoms with E-state index in [9.17, 15) is 4.79 Å². The molecule has 0 fully saturated rings. The van der Waals surface area contributed by atoms with Crippen molar-refractivity contribution in [1.29, 1.82) is 0 Å². The average molecular weight is 438 g/mol. The molecule has 1 aromatic carbocycles. The third kappa shape index (κ3) is 2.91. The van der Waals surface area contributed by atoms with Crippen LogP contribution in [0.15, 0.2) is 16.6 Å². The minimum atomic E-state index is 0.0512. The lowest BCUT2D eigenvalue weighted by Gasteiger charge is -2.02. The highest BCUT2D eigenvalue weighted by Crippen LogP contribution is 2.29. The lowest BCUT2D eigenvalue weighted by molar-refractivity contribution is 0.102. The molecule has 0 amide bonds. The fourth-order valence-electron chi connectivity index (χ4n) is 0.794. The van der Waals surface area contributed by atoms with E-state index in [1.54, 1.807) is 12.1 Å². The van der Waals surface area contributed by atoms with Gasteiger partial charge in [0.2, 0.25) is 0 Å². The summed E-state index contributed by atoms with van der Waals surface area (Å²) >= 11 is 14.4. The maximum absolute atomic E-state index is 11.3. The number of alkyl halides is 1. The minimum Gasteiger partial charge on any atom is -0.293 e. The third-order valence-electron chi connectivity index (χ3n) is 1.43. The molecule has 1 aromatic rings. The molecule has 0 bridgehead atoms. The van der Waals surface area contributed by atoms with Gasteiger partial charge in [-0.05, 0) is 50.7 Å². The van der Waals surface area contributed by atoms with Crippen LogP contribution in [0.5, 0.6) is 0 Å². The average Bonchev–Trinajstić information content (AvgIpc) is 2.12. The number of carbonyl (C=O) groups is 1. The second-order valence-corrected chi connectivity index (χ2v) is 5.27. The van der Waals surface area contributed by atoms with Crippen LogP contribution in [-0.4, -0.2) is 11.1 Å². The van der Waals surface area contributed by atoms with Crippen molar-refractivity contribution in [2.24, 2.45) is 0 Å². The van der Waals surface area contributed by atoms with Crippen LogP contribution in [-0.2, 0) is 0 Å². The Balaban J connectivity index is 3.20. The van der Waals surface area contributed by atoms with E-state index in [4.69, 9.17) is 11.6 Å². The highest BCUT2D eigenvalue weighted by molar-refractivity contribution is 14.1. The van der Waals surface area contributed by atoms with Gasteiger partial charge >= 0.3 is 0 Å². The van der Waals surface area contributed by atoms with Gasteiger partial charge in [-0.15, -0.1) is 0 Å². The first kappa shape index (κ1) is 11.9. The van der Waals surface area contributed by atoms with Gasteiger partial charge in [0.1, 0.15) is 0 Å². The van der Waals surface area contributed by atoms with Gasteiger partial charge in [-0.25, -0.2) is 0 Å². The number of rotatable bonds is 2. The highest BCUT2D eigenvalue weighted by atomic mass is 127. The maximum Gasteiger partial charge on any atom is 0.173 e. The van der Waals surface area contributed by atoms with Crippen molar-refractivity contribution >= 4 is 71.8 Å². The Morgan fingerprint density at radius 2 is 2.15 bits per heavy atom. The maximum atomic E-state index is 11.3. The van der Waals surface area contributed by atoms with Gasteiger partial charge in [0, 0.05) is 13.6 Å². The monoisotopic (exact) mass is 436 g/mol. The largest absolute Gasteiger partial charge is 0.293 e. The van der Waals surface area contributed by atoms with Gasteiger partial charge in [-0.3, -0.25) is 4.79 Å². The quantitative estimate of drug-likeness (QED) is 0.292. The summed E-state index contributed by atoms with van der Waals surface area (Å²) in [7, 11) is 0. The molecule has 0 spiro atoms. The van der Waals surface area contributed by atoms with E-state index in [1.807, 2.05) is 0 Å². The second-order valence-electron chi connectivity index (χ2n) is 2.31. The van der Waals surface area contributed by atoms with E-state index in [2.05, 4.69) is 54.5 Å². The Labute approximate surface area is 112 Å². The number of ketones is 1. The summed E-state index contributed by atoms with van der Waals surface area (Å²) in [5.74, 6) is 0.0512. The van der Waals surface area contributed by atoms with Gasteiger partial charge in [-0.2, -0.15) is 0 Å². The van der Waals surface area contributed by atoms with Crippen molar-refractivity contribution in [3.8, 4) is 0 Å². The van der Waals surface area contributed by atoms with Gasteiger partial charge < -0.3 is 0 Å². The van der Waals surface area contributed by atoms with Crippen LogP contribution in [0.2, 0.25) is 5.02 Å². The number of benzene rings is 1. The Morgan fingerprint density at radius 3 is 2.62 bits per heavy atom. The normalized spacial score (nSPS) is 10.2. The molecule has 0 radical (unpaired) electrons. The first-order valence-electron chi connectivity index (χ1n) is 3.30. The molecule has 0 aliphatic heterocycles. The number of Topliss-reactive ketones (excluding diaryl/α,β-unsaturated/α-hetero) is 1.